The number of hydrogen-bond acceptors (Lipinski definition) is 16. The van der Waals surface area contributed by atoms with Crippen LogP contribution in [0.4, 0.5) is 33.3 Å². The largest absolute Gasteiger partial charge is 0.378 e. The lowest BCUT2D eigenvalue weighted by atomic mass is 9.85. The van der Waals surface area contributed by atoms with Gasteiger partial charge in [0.15, 0.2) is 9.84 Å². The lowest BCUT2D eigenvalue weighted by Gasteiger charge is -2.52. The summed E-state index contributed by atoms with van der Waals surface area (Å²) in [4.78, 5) is 91.8. The zero-order chi connectivity index (χ0) is 46.9. The number of pyridine rings is 2. The predicted molar refractivity (Wildman–Crippen MR) is 244 cm³/mol. The van der Waals surface area contributed by atoms with Gasteiger partial charge in [0.25, 0.3) is 11.8 Å². The number of alkyl halides is 1. The van der Waals surface area contributed by atoms with Crippen LogP contribution in [-0.2, 0) is 29.0 Å². The van der Waals surface area contributed by atoms with Crippen molar-refractivity contribution in [3.8, 4) is 0 Å². The molecule has 4 aromatic rings. The summed E-state index contributed by atoms with van der Waals surface area (Å²) in [6, 6.07) is 6.75. The SMILES string of the molecule is C=CC(=O)N1CCCC1c1ncc(N2CC(C3CN(c4ccc5c(c4)C(=O)N(C4CCC(=O)NC4=O)C5=O)CCS3(=O)=O)C2C)c2cnc(Nc3ccnc(N4CC[C@@H](OC)[C@@H](F)C4)n3)cc12. The minimum Gasteiger partial charge on any atom is -0.378 e. The van der Waals surface area contributed by atoms with Crippen molar-refractivity contribution in [2.24, 2.45) is 5.92 Å². The molecule has 9 heterocycles. The Morgan fingerprint density at radius 3 is 2.49 bits per heavy atom. The summed E-state index contributed by atoms with van der Waals surface area (Å²) < 4.78 is 47.8. The fraction of sp³-hybridized carbons (Fsp3) is 0.457. The maximum atomic E-state index is 14.8. The summed E-state index contributed by atoms with van der Waals surface area (Å²) in [7, 11) is -2.04. The minimum absolute atomic E-state index is 0.00748. The number of anilines is 5. The molecule has 3 aromatic heterocycles. The van der Waals surface area contributed by atoms with E-state index < -0.39 is 57.0 Å². The summed E-state index contributed by atoms with van der Waals surface area (Å²) in [5.74, 6) is -1.68. The van der Waals surface area contributed by atoms with E-state index in [1.807, 2.05) is 17.9 Å². The van der Waals surface area contributed by atoms with E-state index in [0.717, 1.165) is 27.8 Å². The molecule has 21 heteroatoms. The first-order chi connectivity index (χ1) is 32.2. The first-order valence-corrected chi connectivity index (χ1v) is 24.3. The van der Waals surface area contributed by atoms with Gasteiger partial charge in [0.05, 0.1) is 58.4 Å². The van der Waals surface area contributed by atoms with Gasteiger partial charge >= 0.3 is 0 Å². The Bertz CT molecular complexity index is 2850. The molecule has 0 saturated carbocycles. The summed E-state index contributed by atoms with van der Waals surface area (Å²) >= 11 is 0. The van der Waals surface area contributed by atoms with E-state index in [2.05, 4.69) is 32.1 Å². The Kier molecular flexibility index (Phi) is 11.4. The molecule has 67 heavy (non-hydrogen) atoms. The lowest BCUT2D eigenvalue weighted by Crippen LogP contribution is -2.64. The smallest absolute Gasteiger partial charge is 0.262 e. The molecule has 5 fully saturated rings. The van der Waals surface area contributed by atoms with Crippen molar-refractivity contribution in [2.75, 3.05) is 72.1 Å². The van der Waals surface area contributed by atoms with Crippen molar-refractivity contribution in [1.82, 2.24) is 35.1 Å². The molecule has 0 radical (unpaired) electrons. The molecule has 0 bridgehead atoms. The van der Waals surface area contributed by atoms with Gasteiger partial charge in [-0.25, -0.2) is 22.8 Å². The van der Waals surface area contributed by atoms with Crippen molar-refractivity contribution < 1.29 is 41.5 Å². The third kappa shape index (κ3) is 7.80. The van der Waals surface area contributed by atoms with Gasteiger partial charge in [0.2, 0.25) is 23.7 Å². The number of sulfone groups is 1. The second-order valence-corrected chi connectivity index (χ2v) is 20.4. The fourth-order valence-corrected chi connectivity index (χ4v) is 12.7. The van der Waals surface area contributed by atoms with Crippen molar-refractivity contribution in [3.05, 3.63) is 78.4 Å². The molecule has 19 nitrogen and oxygen atoms in total. The van der Waals surface area contributed by atoms with Gasteiger partial charge in [0.1, 0.15) is 23.8 Å². The van der Waals surface area contributed by atoms with Gasteiger partial charge in [-0.1, -0.05) is 6.58 Å². The molecule has 10 rings (SSSR count). The molecule has 5 amide bonds. The number of methoxy groups -OCH3 is 1. The number of ether oxygens (including phenoxy) is 1. The van der Waals surface area contributed by atoms with Gasteiger partial charge in [-0.15, -0.1) is 0 Å². The number of benzene rings is 1. The number of carbonyl (C=O) groups is 5. The Hall–Kier alpha value is -6.61. The van der Waals surface area contributed by atoms with Crippen LogP contribution in [0.25, 0.3) is 10.8 Å². The number of imide groups is 2. The second kappa shape index (κ2) is 17.2. The number of piperidine rings is 2. The van der Waals surface area contributed by atoms with Gasteiger partial charge in [-0.3, -0.25) is 39.2 Å². The third-order valence-electron chi connectivity index (χ3n) is 14.4. The molecule has 5 unspecified atom stereocenters. The minimum atomic E-state index is -3.55. The normalized spacial score (nSPS) is 27.3. The molecule has 6 aliphatic heterocycles. The molecular formula is C46H50FN11O8S. The number of halogens is 1. The molecule has 0 aliphatic carbocycles. The molecular weight excluding hydrogens is 886 g/mol. The number of rotatable bonds is 10. The quantitative estimate of drug-likeness (QED) is 0.172. The molecule has 7 atom stereocenters. The number of amides is 5. The highest BCUT2D eigenvalue weighted by atomic mass is 32.2. The maximum Gasteiger partial charge on any atom is 0.262 e. The van der Waals surface area contributed by atoms with E-state index in [-0.39, 0.29) is 73.3 Å². The lowest BCUT2D eigenvalue weighted by molar-refractivity contribution is -0.136. The van der Waals surface area contributed by atoms with E-state index in [9.17, 15) is 36.8 Å². The summed E-state index contributed by atoms with van der Waals surface area (Å²) in [5.41, 5.74) is 2.32. The van der Waals surface area contributed by atoms with Gasteiger partial charge < -0.3 is 29.7 Å². The first-order valence-electron chi connectivity index (χ1n) is 22.6. The Morgan fingerprint density at radius 2 is 1.73 bits per heavy atom. The summed E-state index contributed by atoms with van der Waals surface area (Å²) in [5, 5.41) is 6.28. The van der Waals surface area contributed by atoms with Crippen LogP contribution in [0.5, 0.6) is 0 Å². The molecule has 1 aromatic carbocycles. The number of fused-ring (bicyclic) bond motifs is 2. The first kappa shape index (κ1) is 44.2. The molecule has 5 saturated heterocycles. The van der Waals surface area contributed by atoms with E-state index in [0.29, 0.717) is 61.4 Å². The van der Waals surface area contributed by atoms with E-state index >= 15 is 0 Å². The number of carbonyl (C=O) groups excluding carboxylic acids is 5. The highest BCUT2D eigenvalue weighted by Crippen LogP contribution is 2.44. The standard InChI is InChI=1S/C46H50FN11O8S/c1-4-41(60)56-14-5-6-33(56)42-28-19-39(51-38-11-13-48-46(52-38)55-15-12-36(66-3)32(47)23-55)49-20-30(28)35(21-50-42)57-22-31(25(57)2)37-24-54(16-17-67(37,64)65)26-7-8-27-29(18-26)45(63)58(44(27)62)34-9-10-40(59)53-43(34)61/h4,7-8,11,13,18-21,25,31-34,36-37H,1,5-6,9-10,12,14-17,22-24H2,2-3H3,(H,53,59,61)(H,48,49,51,52)/t25?,31?,32-,33?,34?,36+,37?/m0/s1. The van der Waals surface area contributed by atoms with Crippen LogP contribution in [0.2, 0.25) is 0 Å². The summed E-state index contributed by atoms with van der Waals surface area (Å²) in [6.07, 6.45) is 6.80. The second-order valence-electron chi connectivity index (χ2n) is 18.0. The zero-order valence-corrected chi connectivity index (χ0v) is 37.8. The Labute approximate surface area is 385 Å². The highest BCUT2D eigenvalue weighted by molar-refractivity contribution is 7.92. The molecule has 350 valence electrons. The van der Waals surface area contributed by atoms with Crippen LogP contribution < -0.4 is 25.3 Å². The van der Waals surface area contributed by atoms with Crippen molar-refractivity contribution in [2.45, 2.75) is 74.7 Å². The predicted octanol–water partition coefficient (Wildman–Crippen LogP) is 3.11. The van der Waals surface area contributed by atoms with Crippen LogP contribution in [0.15, 0.2) is 61.6 Å². The number of aromatic nitrogens is 4. The van der Waals surface area contributed by atoms with Crippen molar-refractivity contribution in [1.29, 1.82) is 0 Å². The van der Waals surface area contributed by atoms with Gasteiger partial charge in [-0.05, 0) is 69.0 Å². The number of hydrogen-bond donors (Lipinski definition) is 2. The van der Waals surface area contributed by atoms with Crippen LogP contribution >= 0.6 is 0 Å². The maximum absolute atomic E-state index is 14.8. The number of nitrogens with zero attached hydrogens (tertiary/aromatic N) is 9. The summed E-state index contributed by atoms with van der Waals surface area (Å²) in [6.45, 7) is 7.66. The zero-order valence-electron chi connectivity index (χ0n) is 37.0. The van der Waals surface area contributed by atoms with Crippen molar-refractivity contribution >= 4 is 79.1 Å². The topological polar surface area (TPSA) is 221 Å². The van der Waals surface area contributed by atoms with E-state index in [1.165, 1.54) is 19.3 Å². The van der Waals surface area contributed by atoms with Crippen LogP contribution in [0.3, 0.4) is 0 Å². The highest BCUT2D eigenvalue weighted by Gasteiger charge is 2.50. The molecule has 0 spiro atoms. The average molecular weight is 936 g/mol. The number of likely N-dealkylation sites (tertiary alicyclic amines) is 1. The van der Waals surface area contributed by atoms with Crippen LogP contribution in [0, 0.1) is 5.92 Å². The van der Waals surface area contributed by atoms with Crippen molar-refractivity contribution in [3.63, 3.8) is 0 Å². The molecule has 6 aliphatic rings. The van der Waals surface area contributed by atoms with E-state index in [1.54, 1.807) is 46.6 Å². The molecule has 2 N–H and O–H groups in total. The van der Waals surface area contributed by atoms with Gasteiger partial charge in [-0.2, -0.15) is 4.98 Å². The fourth-order valence-electron chi connectivity index (χ4n) is 10.7. The Balaban J connectivity index is 0.903. The van der Waals surface area contributed by atoms with Crippen LogP contribution in [-0.4, -0.2) is 149 Å². The van der Waals surface area contributed by atoms with Gasteiger partial charge in [0, 0.05) is 87.1 Å². The van der Waals surface area contributed by atoms with E-state index in [4.69, 9.17) is 14.7 Å². The van der Waals surface area contributed by atoms with Crippen LogP contribution in [0.1, 0.15) is 71.5 Å². The third-order valence-corrected chi connectivity index (χ3v) is 16.5. The monoisotopic (exact) mass is 935 g/mol. The Morgan fingerprint density at radius 1 is 0.910 bits per heavy atom. The number of nitrogens with one attached hydrogen (secondary N) is 2. The average Bonchev–Trinajstić information content (AvgIpc) is 3.90.